The average molecular weight is 282 g/mol. The zero-order valence-electron chi connectivity index (χ0n) is 12.1. The summed E-state index contributed by atoms with van der Waals surface area (Å²) >= 11 is 0. The second-order valence-electron chi connectivity index (χ2n) is 5.48. The molecule has 0 unspecified atom stereocenters. The number of rotatable bonds is 3. The molecule has 1 amide bonds. The Balaban J connectivity index is 1.80. The number of hydrogen-bond donors (Lipinski definition) is 0. The number of carbonyl (C=O) groups is 2. The lowest BCUT2D eigenvalue weighted by Gasteiger charge is -2.19. The van der Waals surface area contributed by atoms with Gasteiger partial charge in [0.05, 0.1) is 6.54 Å². The molecular weight excluding hydrogens is 264 g/mol. The summed E-state index contributed by atoms with van der Waals surface area (Å²) in [5.74, 6) is -0.0456. The van der Waals surface area contributed by atoms with Gasteiger partial charge in [-0.1, -0.05) is 18.2 Å². The van der Waals surface area contributed by atoms with Gasteiger partial charge in [-0.15, -0.1) is 0 Å². The van der Waals surface area contributed by atoms with Crippen LogP contribution in [0.15, 0.2) is 42.7 Å². The van der Waals surface area contributed by atoms with E-state index in [1.54, 1.807) is 17.2 Å². The Morgan fingerprint density at radius 2 is 2.05 bits per heavy atom. The minimum Gasteiger partial charge on any atom is -0.357 e. The van der Waals surface area contributed by atoms with Crippen molar-refractivity contribution in [1.82, 2.24) is 9.47 Å². The molecule has 0 saturated carbocycles. The van der Waals surface area contributed by atoms with Crippen molar-refractivity contribution in [3.8, 4) is 0 Å². The van der Waals surface area contributed by atoms with Crippen molar-refractivity contribution in [3.63, 3.8) is 0 Å². The third-order valence-electron chi connectivity index (χ3n) is 3.90. The number of amides is 1. The van der Waals surface area contributed by atoms with Crippen LogP contribution >= 0.6 is 0 Å². The Bertz CT molecular complexity index is 688. The van der Waals surface area contributed by atoms with Gasteiger partial charge in [-0.2, -0.15) is 0 Å². The van der Waals surface area contributed by atoms with Crippen molar-refractivity contribution in [2.45, 2.75) is 12.8 Å². The van der Waals surface area contributed by atoms with Gasteiger partial charge in [-0.05, 0) is 30.5 Å². The molecule has 2 aromatic rings. The largest absolute Gasteiger partial charge is 0.357 e. The van der Waals surface area contributed by atoms with Gasteiger partial charge in [-0.25, -0.2) is 0 Å². The summed E-state index contributed by atoms with van der Waals surface area (Å²) in [6.45, 7) is 0.781. The fraction of sp³-hybridized carbons (Fsp3) is 0.294. The molecule has 0 fully saturated rings. The number of aryl methyl sites for hydroxylation is 2. The molecule has 0 bridgehead atoms. The average Bonchev–Trinajstić information content (AvgIpc) is 2.86. The van der Waals surface area contributed by atoms with Crippen LogP contribution in [0.1, 0.15) is 32.7 Å². The lowest BCUT2D eigenvalue weighted by molar-refractivity contribution is 0.0714. The first kappa shape index (κ1) is 13.6. The monoisotopic (exact) mass is 282 g/mol. The highest BCUT2D eigenvalue weighted by atomic mass is 16.2. The van der Waals surface area contributed by atoms with Crippen LogP contribution in [0.25, 0.3) is 0 Å². The number of benzene rings is 1. The maximum atomic E-state index is 12.6. The first-order valence-corrected chi connectivity index (χ1v) is 7.17. The predicted molar refractivity (Wildman–Crippen MR) is 80.4 cm³/mol. The molecule has 0 radical (unpaired) electrons. The summed E-state index contributed by atoms with van der Waals surface area (Å²) in [4.78, 5) is 26.5. The molecule has 0 atom stereocenters. The number of fused-ring (bicyclic) bond motifs is 1. The number of ketones is 1. The van der Waals surface area contributed by atoms with Crippen molar-refractivity contribution < 1.29 is 9.59 Å². The highest BCUT2D eigenvalue weighted by Crippen LogP contribution is 2.18. The molecule has 0 saturated heterocycles. The molecule has 1 aliphatic rings. The van der Waals surface area contributed by atoms with E-state index in [1.807, 2.05) is 42.1 Å². The van der Waals surface area contributed by atoms with Gasteiger partial charge >= 0.3 is 0 Å². The van der Waals surface area contributed by atoms with Crippen LogP contribution in [-0.4, -0.2) is 34.2 Å². The zero-order valence-corrected chi connectivity index (χ0v) is 12.1. The SMILES string of the molecule is Cn1ccc(C(=O)CN2CCCc3ccccc3C2=O)c1. The van der Waals surface area contributed by atoms with Crippen LogP contribution < -0.4 is 0 Å². The van der Waals surface area contributed by atoms with Crippen molar-refractivity contribution in [2.24, 2.45) is 7.05 Å². The minimum absolute atomic E-state index is 0.0108. The number of Topliss-reactive ketones (excluding diaryl/α,β-unsaturated/α-hetero) is 1. The quantitative estimate of drug-likeness (QED) is 0.811. The Labute approximate surface area is 124 Å². The molecule has 0 N–H and O–H groups in total. The topological polar surface area (TPSA) is 42.3 Å². The Kier molecular flexibility index (Phi) is 3.60. The van der Waals surface area contributed by atoms with Crippen LogP contribution in [-0.2, 0) is 13.5 Å². The van der Waals surface area contributed by atoms with Gasteiger partial charge in [0.25, 0.3) is 5.91 Å². The number of carbonyl (C=O) groups excluding carboxylic acids is 2. The van der Waals surface area contributed by atoms with E-state index in [4.69, 9.17) is 0 Å². The van der Waals surface area contributed by atoms with Crippen LogP contribution in [0.2, 0.25) is 0 Å². The van der Waals surface area contributed by atoms with E-state index in [2.05, 4.69) is 0 Å². The third kappa shape index (κ3) is 2.75. The van der Waals surface area contributed by atoms with E-state index in [9.17, 15) is 9.59 Å². The van der Waals surface area contributed by atoms with Gasteiger partial charge in [0.2, 0.25) is 0 Å². The molecule has 108 valence electrons. The summed E-state index contributed by atoms with van der Waals surface area (Å²) in [7, 11) is 1.88. The molecule has 4 heteroatoms. The zero-order chi connectivity index (χ0) is 14.8. The number of aromatic nitrogens is 1. The van der Waals surface area contributed by atoms with Crippen molar-refractivity contribution >= 4 is 11.7 Å². The maximum absolute atomic E-state index is 12.6. The van der Waals surface area contributed by atoms with Gasteiger partial charge < -0.3 is 9.47 Å². The van der Waals surface area contributed by atoms with Crippen LogP contribution in [0, 0.1) is 0 Å². The van der Waals surface area contributed by atoms with Gasteiger partial charge in [0, 0.05) is 37.1 Å². The molecular formula is C17H18N2O2. The lowest BCUT2D eigenvalue weighted by Crippen LogP contribution is -2.35. The van der Waals surface area contributed by atoms with E-state index in [-0.39, 0.29) is 18.2 Å². The first-order chi connectivity index (χ1) is 10.1. The fourth-order valence-corrected chi connectivity index (χ4v) is 2.76. The molecule has 3 rings (SSSR count). The highest BCUT2D eigenvalue weighted by Gasteiger charge is 2.24. The fourth-order valence-electron chi connectivity index (χ4n) is 2.76. The Morgan fingerprint density at radius 3 is 2.81 bits per heavy atom. The molecule has 1 aromatic carbocycles. The van der Waals surface area contributed by atoms with Gasteiger partial charge in [0.15, 0.2) is 5.78 Å². The van der Waals surface area contributed by atoms with Crippen LogP contribution in [0.4, 0.5) is 0 Å². The summed E-state index contributed by atoms with van der Waals surface area (Å²) < 4.78 is 1.84. The molecule has 1 aliphatic heterocycles. The molecule has 1 aromatic heterocycles. The van der Waals surface area contributed by atoms with Crippen LogP contribution in [0.5, 0.6) is 0 Å². The highest BCUT2D eigenvalue weighted by molar-refractivity contribution is 6.02. The summed E-state index contributed by atoms with van der Waals surface area (Å²) in [5, 5.41) is 0. The first-order valence-electron chi connectivity index (χ1n) is 7.17. The summed E-state index contributed by atoms with van der Waals surface area (Å²) in [6.07, 6.45) is 5.41. The number of nitrogens with zero attached hydrogens (tertiary/aromatic N) is 2. The molecule has 21 heavy (non-hydrogen) atoms. The van der Waals surface area contributed by atoms with E-state index in [0.29, 0.717) is 12.1 Å². The van der Waals surface area contributed by atoms with Crippen molar-refractivity contribution in [1.29, 1.82) is 0 Å². The summed E-state index contributed by atoms with van der Waals surface area (Å²) in [5.41, 5.74) is 2.47. The lowest BCUT2D eigenvalue weighted by atomic mass is 10.0. The molecule has 2 heterocycles. The van der Waals surface area contributed by atoms with Gasteiger partial charge in [-0.3, -0.25) is 9.59 Å². The standard InChI is InChI=1S/C17H18N2O2/c1-18-10-8-14(11-18)16(20)12-19-9-4-6-13-5-2-3-7-15(13)17(19)21/h2-3,5,7-8,10-11H,4,6,9,12H2,1H3. The van der Waals surface area contributed by atoms with Gasteiger partial charge in [0.1, 0.15) is 0 Å². The van der Waals surface area contributed by atoms with Crippen LogP contribution in [0.3, 0.4) is 0 Å². The smallest absolute Gasteiger partial charge is 0.254 e. The van der Waals surface area contributed by atoms with E-state index in [0.717, 1.165) is 24.0 Å². The second-order valence-corrected chi connectivity index (χ2v) is 5.48. The molecule has 0 aliphatic carbocycles. The van der Waals surface area contributed by atoms with Crippen molar-refractivity contribution in [2.75, 3.05) is 13.1 Å². The van der Waals surface area contributed by atoms with E-state index >= 15 is 0 Å². The van der Waals surface area contributed by atoms with Crippen molar-refractivity contribution in [3.05, 3.63) is 59.4 Å². The second kappa shape index (κ2) is 5.56. The third-order valence-corrected chi connectivity index (χ3v) is 3.90. The maximum Gasteiger partial charge on any atom is 0.254 e. The van der Waals surface area contributed by atoms with E-state index in [1.165, 1.54) is 0 Å². The Hall–Kier alpha value is -2.36. The molecule has 4 nitrogen and oxygen atoms in total. The molecule has 0 spiro atoms. The Morgan fingerprint density at radius 1 is 1.24 bits per heavy atom. The minimum atomic E-state index is -0.0348. The summed E-state index contributed by atoms with van der Waals surface area (Å²) in [6, 6.07) is 9.47. The normalized spacial score (nSPS) is 14.7. The predicted octanol–water partition coefficient (Wildman–Crippen LogP) is 2.30. The number of hydrogen-bond acceptors (Lipinski definition) is 2. The van der Waals surface area contributed by atoms with E-state index < -0.39 is 0 Å².